The van der Waals surface area contributed by atoms with E-state index in [1.54, 1.807) is 0 Å². The van der Waals surface area contributed by atoms with Gasteiger partial charge in [-0.3, -0.25) is 0 Å². The van der Waals surface area contributed by atoms with Gasteiger partial charge < -0.3 is 15.3 Å². The maximum Gasteiger partial charge on any atom is 0.0707 e. The van der Waals surface area contributed by atoms with E-state index in [2.05, 4.69) is 24.1 Å². The summed E-state index contributed by atoms with van der Waals surface area (Å²) in [6.45, 7) is 9.32. The normalized spacial score (nSPS) is 25.2. The van der Waals surface area contributed by atoms with Gasteiger partial charge in [0, 0.05) is 13.1 Å². The summed E-state index contributed by atoms with van der Waals surface area (Å²) in [6.07, 6.45) is 3.53. The van der Waals surface area contributed by atoms with Gasteiger partial charge in [0.15, 0.2) is 0 Å². The number of hydrogen-bond donors (Lipinski definition) is 2. The second kappa shape index (κ2) is 7.20. The number of rotatable bonds is 5. The van der Waals surface area contributed by atoms with E-state index in [1.807, 2.05) is 0 Å². The van der Waals surface area contributed by atoms with Crippen LogP contribution in [0.4, 0.5) is 0 Å². The molecule has 3 heteroatoms. The maximum atomic E-state index is 10.1. The number of hydrogen-bond acceptors (Lipinski definition) is 3. The Labute approximate surface area is 93.9 Å². The monoisotopic (exact) mass is 214 g/mol. The minimum atomic E-state index is -0.157. The summed E-state index contributed by atoms with van der Waals surface area (Å²) in [5.41, 5.74) is 0. The summed E-state index contributed by atoms with van der Waals surface area (Å²) in [6, 6.07) is 0. The van der Waals surface area contributed by atoms with Crippen molar-refractivity contribution in [3.8, 4) is 0 Å². The Bertz CT molecular complexity index is 152. The number of nitrogens with one attached hydrogen (secondary N) is 1. The summed E-state index contributed by atoms with van der Waals surface area (Å²) in [5.74, 6) is 0.452. The number of aliphatic hydroxyl groups excluding tert-OH is 1. The largest absolute Gasteiger partial charge is 0.391 e. The van der Waals surface area contributed by atoms with Crippen molar-refractivity contribution in [1.82, 2.24) is 10.2 Å². The lowest BCUT2D eigenvalue weighted by Crippen LogP contribution is -2.39. The zero-order valence-electron chi connectivity index (χ0n) is 10.2. The fourth-order valence-corrected chi connectivity index (χ4v) is 2.27. The Morgan fingerprint density at radius 2 is 2.07 bits per heavy atom. The van der Waals surface area contributed by atoms with E-state index in [0.29, 0.717) is 5.92 Å². The third kappa shape index (κ3) is 4.49. The molecular formula is C12H26N2O. The highest BCUT2D eigenvalue weighted by Crippen LogP contribution is 2.16. The van der Waals surface area contributed by atoms with Crippen molar-refractivity contribution < 1.29 is 5.11 Å². The highest BCUT2D eigenvalue weighted by Gasteiger charge is 2.21. The van der Waals surface area contributed by atoms with Crippen LogP contribution in [0.25, 0.3) is 0 Å². The first kappa shape index (κ1) is 12.9. The molecule has 0 spiro atoms. The molecular weight excluding hydrogens is 188 g/mol. The molecule has 1 saturated heterocycles. The maximum absolute atomic E-state index is 10.1. The number of likely N-dealkylation sites (N-methyl/N-ethyl adjacent to an activating group) is 1. The van der Waals surface area contributed by atoms with Crippen molar-refractivity contribution in [3.63, 3.8) is 0 Å². The van der Waals surface area contributed by atoms with Gasteiger partial charge in [-0.25, -0.2) is 0 Å². The van der Waals surface area contributed by atoms with Crippen molar-refractivity contribution in [2.75, 3.05) is 32.7 Å². The van der Waals surface area contributed by atoms with Crippen molar-refractivity contribution in [2.24, 2.45) is 5.92 Å². The topological polar surface area (TPSA) is 35.5 Å². The molecule has 1 aliphatic heterocycles. The van der Waals surface area contributed by atoms with Crippen LogP contribution in [0.15, 0.2) is 0 Å². The molecule has 1 heterocycles. The summed E-state index contributed by atoms with van der Waals surface area (Å²) < 4.78 is 0. The molecule has 0 aliphatic carbocycles. The highest BCUT2D eigenvalue weighted by atomic mass is 16.3. The molecule has 0 aromatic heterocycles. The average molecular weight is 214 g/mol. The van der Waals surface area contributed by atoms with Crippen LogP contribution in [0, 0.1) is 5.92 Å². The zero-order chi connectivity index (χ0) is 11.1. The first-order valence-corrected chi connectivity index (χ1v) is 6.39. The standard InChI is InChI=1S/C12H26N2O/c1-3-14(4-2)10-12(15)11-7-5-6-8-13-9-11/h11-13,15H,3-10H2,1-2H3. The van der Waals surface area contributed by atoms with E-state index < -0.39 is 0 Å². The van der Waals surface area contributed by atoms with Crippen molar-refractivity contribution >= 4 is 0 Å². The van der Waals surface area contributed by atoms with Gasteiger partial charge in [0.1, 0.15) is 0 Å². The molecule has 2 unspecified atom stereocenters. The average Bonchev–Trinajstić information content (AvgIpc) is 2.54. The van der Waals surface area contributed by atoms with Gasteiger partial charge in [-0.15, -0.1) is 0 Å². The summed E-state index contributed by atoms with van der Waals surface area (Å²) in [4.78, 5) is 2.30. The van der Waals surface area contributed by atoms with Crippen molar-refractivity contribution in [2.45, 2.75) is 39.2 Å². The second-order valence-corrected chi connectivity index (χ2v) is 4.51. The SMILES string of the molecule is CCN(CC)CC(O)C1CCCCNC1. The fraction of sp³-hybridized carbons (Fsp3) is 1.00. The minimum Gasteiger partial charge on any atom is -0.391 e. The molecule has 0 radical (unpaired) electrons. The molecule has 2 atom stereocenters. The molecule has 1 rings (SSSR count). The van der Waals surface area contributed by atoms with Gasteiger partial charge in [0.2, 0.25) is 0 Å². The molecule has 1 fully saturated rings. The first-order chi connectivity index (χ1) is 7.27. The smallest absolute Gasteiger partial charge is 0.0707 e. The molecule has 0 amide bonds. The van der Waals surface area contributed by atoms with Gasteiger partial charge in [0.25, 0.3) is 0 Å². The summed E-state index contributed by atoms with van der Waals surface area (Å²) >= 11 is 0. The van der Waals surface area contributed by atoms with Crippen LogP contribution in [0.2, 0.25) is 0 Å². The lowest BCUT2D eigenvalue weighted by Gasteiger charge is -2.27. The highest BCUT2D eigenvalue weighted by molar-refractivity contribution is 4.76. The third-order valence-electron chi connectivity index (χ3n) is 3.47. The molecule has 0 saturated carbocycles. The van der Waals surface area contributed by atoms with E-state index in [0.717, 1.165) is 32.7 Å². The Hall–Kier alpha value is -0.120. The van der Waals surface area contributed by atoms with Crippen LogP contribution in [-0.4, -0.2) is 48.8 Å². The van der Waals surface area contributed by atoms with E-state index in [4.69, 9.17) is 0 Å². The van der Waals surface area contributed by atoms with E-state index in [9.17, 15) is 5.11 Å². The van der Waals surface area contributed by atoms with Gasteiger partial charge in [-0.05, 0) is 38.4 Å². The Kier molecular flexibility index (Phi) is 6.22. The Morgan fingerprint density at radius 1 is 1.33 bits per heavy atom. The predicted octanol–water partition coefficient (Wildman–Crippen LogP) is 1.08. The summed E-state index contributed by atoms with van der Waals surface area (Å²) in [7, 11) is 0. The quantitative estimate of drug-likeness (QED) is 0.719. The molecule has 1 aliphatic rings. The van der Waals surface area contributed by atoms with E-state index >= 15 is 0 Å². The van der Waals surface area contributed by atoms with E-state index in [1.165, 1.54) is 19.3 Å². The minimum absolute atomic E-state index is 0.157. The molecule has 0 aromatic rings. The van der Waals surface area contributed by atoms with Crippen LogP contribution in [0.5, 0.6) is 0 Å². The second-order valence-electron chi connectivity index (χ2n) is 4.51. The lowest BCUT2D eigenvalue weighted by atomic mass is 9.96. The van der Waals surface area contributed by atoms with Gasteiger partial charge in [-0.1, -0.05) is 20.3 Å². The molecule has 3 nitrogen and oxygen atoms in total. The molecule has 2 N–H and O–H groups in total. The van der Waals surface area contributed by atoms with Gasteiger partial charge in [-0.2, -0.15) is 0 Å². The van der Waals surface area contributed by atoms with E-state index in [-0.39, 0.29) is 6.10 Å². The van der Waals surface area contributed by atoms with Crippen LogP contribution >= 0.6 is 0 Å². The van der Waals surface area contributed by atoms with Gasteiger partial charge >= 0.3 is 0 Å². The van der Waals surface area contributed by atoms with Crippen LogP contribution in [0.1, 0.15) is 33.1 Å². The number of nitrogens with zero attached hydrogens (tertiary/aromatic N) is 1. The summed E-state index contributed by atoms with van der Waals surface area (Å²) in [5, 5.41) is 13.6. The van der Waals surface area contributed by atoms with Crippen molar-refractivity contribution in [3.05, 3.63) is 0 Å². The fourth-order valence-electron chi connectivity index (χ4n) is 2.27. The van der Waals surface area contributed by atoms with Crippen molar-refractivity contribution in [1.29, 1.82) is 0 Å². The number of aliphatic hydroxyl groups is 1. The molecule has 90 valence electrons. The molecule has 15 heavy (non-hydrogen) atoms. The lowest BCUT2D eigenvalue weighted by molar-refractivity contribution is 0.0649. The molecule has 0 aromatic carbocycles. The third-order valence-corrected chi connectivity index (χ3v) is 3.47. The predicted molar refractivity (Wildman–Crippen MR) is 64.0 cm³/mol. The van der Waals surface area contributed by atoms with Crippen LogP contribution < -0.4 is 5.32 Å². The Morgan fingerprint density at radius 3 is 2.73 bits per heavy atom. The van der Waals surface area contributed by atoms with Gasteiger partial charge in [0.05, 0.1) is 6.10 Å². The zero-order valence-corrected chi connectivity index (χ0v) is 10.2. The first-order valence-electron chi connectivity index (χ1n) is 6.39. The van der Waals surface area contributed by atoms with Crippen LogP contribution in [-0.2, 0) is 0 Å². The molecule has 0 bridgehead atoms. The van der Waals surface area contributed by atoms with Crippen LogP contribution in [0.3, 0.4) is 0 Å². The Balaban J connectivity index is 2.33.